The summed E-state index contributed by atoms with van der Waals surface area (Å²) in [6.07, 6.45) is 6.93. The highest BCUT2D eigenvalue weighted by atomic mass is 19.1. The summed E-state index contributed by atoms with van der Waals surface area (Å²) >= 11 is 0. The number of benzene rings is 1. The fourth-order valence-electron chi connectivity index (χ4n) is 2.52. The van der Waals surface area contributed by atoms with Crippen LogP contribution in [0.1, 0.15) is 44.6 Å². The van der Waals surface area contributed by atoms with Gasteiger partial charge >= 0.3 is 0 Å². The molecule has 2 N–H and O–H groups in total. The molecular weight excluding hydrogens is 269 g/mol. The van der Waals surface area contributed by atoms with E-state index in [1.165, 1.54) is 36.3 Å². The topological polar surface area (TPSA) is 49.3 Å². The van der Waals surface area contributed by atoms with Crippen molar-refractivity contribution in [3.63, 3.8) is 0 Å². The molecule has 21 heavy (non-hydrogen) atoms. The van der Waals surface area contributed by atoms with Crippen LogP contribution in [0.5, 0.6) is 0 Å². The molecule has 1 aliphatic rings. The van der Waals surface area contributed by atoms with Crippen LogP contribution >= 0.6 is 0 Å². The summed E-state index contributed by atoms with van der Waals surface area (Å²) in [5.41, 5.74) is 0.561. The molecule has 1 aromatic carbocycles. The normalized spacial score (nSPS) is 17.8. The Labute approximate surface area is 124 Å². The van der Waals surface area contributed by atoms with Crippen LogP contribution in [0.15, 0.2) is 35.9 Å². The van der Waals surface area contributed by atoms with Gasteiger partial charge in [0.15, 0.2) is 0 Å². The number of allylic oxidation sites excluding steroid dienone is 1. The summed E-state index contributed by atoms with van der Waals surface area (Å²) in [4.78, 5) is 11.9. The first kappa shape index (κ1) is 15.7. The van der Waals surface area contributed by atoms with E-state index in [1.54, 1.807) is 6.92 Å². The van der Waals surface area contributed by atoms with Crippen LogP contribution in [0.25, 0.3) is 0 Å². The van der Waals surface area contributed by atoms with Gasteiger partial charge in [-0.1, -0.05) is 23.8 Å². The Kier molecular flexibility index (Phi) is 5.12. The van der Waals surface area contributed by atoms with E-state index in [0.29, 0.717) is 12.0 Å². The van der Waals surface area contributed by atoms with Gasteiger partial charge in [-0.05, 0) is 50.3 Å². The Hall–Kier alpha value is -1.68. The van der Waals surface area contributed by atoms with Crippen LogP contribution in [0, 0.1) is 5.82 Å². The van der Waals surface area contributed by atoms with Crippen molar-refractivity contribution in [3.05, 3.63) is 47.3 Å². The maximum atomic E-state index is 12.9. The molecule has 0 radical (unpaired) electrons. The van der Waals surface area contributed by atoms with Crippen molar-refractivity contribution in [1.82, 2.24) is 5.32 Å². The third-order valence-corrected chi connectivity index (χ3v) is 3.87. The minimum absolute atomic E-state index is 0.0782. The molecule has 2 rings (SSSR count). The average Bonchev–Trinajstić information content (AvgIpc) is 2.47. The molecule has 1 aromatic rings. The second-order valence-corrected chi connectivity index (χ2v) is 5.84. The number of aliphatic hydroxyl groups is 1. The number of rotatable bonds is 5. The lowest BCUT2D eigenvalue weighted by atomic mass is 9.95. The van der Waals surface area contributed by atoms with Gasteiger partial charge in [0.25, 0.3) is 0 Å². The molecule has 0 saturated heterocycles. The maximum absolute atomic E-state index is 12.9. The number of hydrogen-bond donors (Lipinski definition) is 2. The van der Waals surface area contributed by atoms with Gasteiger partial charge in [0.2, 0.25) is 5.91 Å². The van der Waals surface area contributed by atoms with E-state index in [2.05, 4.69) is 11.4 Å². The van der Waals surface area contributed by atoms with Crippen LogP contribution in [0.2, 0.25) is 0 Å². The van der Waals surface area contributed by atoms with Crippen LogP contribution in [0.3, 0.4) is 0 Å². The maximum Gasteiger partial charge on any atom is 0.224 e. The summed E-state index contributed by atoms with van der Waals surface area (Å²) in [5.74, 6) is -0.423. The minimum Gasteiger partial charge on any atom is -0.384 e. The highest BCUT2D eigenvalue weighted by Crippen LogP contribution is 2.21. The number of nitrogens with one attached hydrogen (secondary N) is 1. The Balaban J connectivity index is 1.87. The van der Waals surface area contributed by atoms with Gasteiger partial charge in [-0.15, -0.1) is 0 Å². The number of carbonyl (C=O) groups excluding carboxylic acids is 1. The minimum atomic E-state index is -1.20. The first-order chi connectivity index (χ1) is 9.97. The third kappa shape index (κ3) is 4.67. The number of hydrogen-bond acceptors (Lipinski definition) is 2. The first-order valence-electron chi connectivity index (χ1n) is 7.40. The molecule has 0 aliphatic heterocycles. The average molecular weight is 291 g/mol. The van der Waals surface area contributed by atoms with Crippen LogP contribution < -0.4 is 5.32 Å². The van der Waals surface area contributed by atoms with Gasteiger partial charge in [0.1, 0.15) is 11.4 Å². The fourth-order valence-corrected chi connectivity index (χ4v) is 2.52. The number of halogens is 1. The molecule has 0 saturated carbocycles. The van der Waals surface area contributed by atoms with E-state index >= 15 is 0 Å². The van der Waals surface area contributed by atoms with Crippen molar-refractivity contribution in [2.75, 3.05) is 6.54 Å². The summed E-state index contributed by atoms with van der Waals surface area (Å²) in [5, 5.41) is 13.1. The van der Waals surface area contributed by atoms with Crippen molar-refractivity contribution in [2.24, 2.45) is 0 Å². The second-order valence-electron chi connectivity index (χ2n) is 5.84. The standard InChI is InChI=1S/C17H22FNO2/c1-17(21,14-7-9-15(18)10-8-14)12-19-16(20)11-13-5-3-2-4-6-13/h5,7-10,21H,2-4,6,11-12H2,1H3,(H,19,20). The molecule has 1 atom stereocenters. The monoisotopic (exact) mass is 291 g/mol. The lowest BCUT2D eigenvalue weighted by Gasteiger charge is -2.24. The first-order valence-corrected chi connectivity index (χ1v) is 7.40. The zero-order valence-electron chi connectivity index (χ0n) is 12.4. The molecule has 4 heteroatoms. The van der Waals surface area contributed by atoms with Crippen LogP contribution in [0.4, 0.5) is 4.39 Å². The summed E-state index contributed by atoms with van der Waals surface area (Å²) < 4.78 is 12.9. The van der Waals surface area contributed by atoms with E-state index in [0.717, 1.165) is 19.3 Å². The van der Waals surface area contributed by atoms with E-state index in [4.69, 9.17) is 0 Å². The van der Waals surface area contributed by atoms with Crippen molar-refractivity contribution >= 4 is 5.91 Å². The smallest absolute Gasteiger partial charge is 0.224 e. The largest absolute Gasteiger partial charge is 0.384 e. The van der Waals surface area contributed by atoms with Gasteiger partial charge < -0.3 is 10.4 Å². The molecule has 0 fully saturated rings. The number of amides is 1. The number of carbonyl (C=O) groups is 1. The quantitative estimate of drug-likeness (QED) is 0.819. The molecular formula is C17H22FNO2. The van der Waals surface area contributed by atoms with Crippen molar-refractivity contribution in [1.29, 1.82) is 0 Å². The van der Waals surface area contributed by atoms with E-state index < -0.39 is 5.60 Å². The van der Waals surface area contributed by atoms with Gasteiger partial charge in [0.05, 0.1) is 6.54 Å². The summed E-state index contributed by atoms with van der Waals surface area (Å²) in [6.45, 7) is 1.73. The van der Waals surface area contributed by atoms with Crippen molar-refractivity contribution in [2.45, 2.75) is 44.6 Å². The Morgan fingerprint density at radius 1 is 1.33 bits per heavy atom. The molecule has 0 aromatic heterocycles. The second kappa shape index (κ2) is 6.85. The highest BCUT2D eigenvalue weighted by molar-refractivity contribution is 5.78. The third-order valence-electron chi connectivity index (χ3n) is 3.87. The lowest BCUT2D eigenvalue weighted by Crippen LogP contribution is -2.38. The molecule has 1 unspecified atom stereocenters. The fraction of sp³-hybridized carbons (Fsp3) is 0.471. The predicted octanol–water partition coefficient (Wildman–Crippen LogP) is 3.04. The Morgan fingerprint density at radius 3 is 2.67 bits per heavy atom. The molecule has 1 amide bonds. The van der Waals surface area contributed by atoms with Crippen molar-refractivity contribution < 1.29 is 14.3 Å². The molecule has 3 nitrogen and oxygen atoms in total. The van der Waals surface area contributed by atoms with E-state index in [1.807, 2.05) is 0 Å². The van der Waals surface area contributed by atoms with Crippen LogP contribution in [-0.4, -0.2) is 17.6 Å². The zero-order chi connectivity index (χ0) is 15.3. The lowest BCUT2D eigenvalue weighted by molar-refractivity contribution is -0.121. The molecule has 0 bridgehead atoms. The molecule has 1 aliphatic carbocycles. The van der Waals surface area contributed by atoms with Crippen LogP contribution in [-0.2, 0) is 10.4 Å². The van der Waals surface area contributed by atoms with Gasteiger partial charge in [-0.3, -0.25) is 4.79 Å². The zero-order valence-corrected chi connectivity index (χ0v) is 12.4. The molecule has 114 valence electrons. The van der Waals surface area contributed by atoms with Gasteiger partial charge in [0, 0.05) is 6.42 Å². The molecule has 0 heterocycles. The van der Waals surface area contributed by atoms with Gasteiger partial charge in [-0.2, -0.15) is 0 Å². The predicted molar refractivity (Wildman–Crippen MR) is 80.1 cm³/mol. The highest BCUT2D eigenvalue weighted by Gasteiger charge is 2.24. The van der Waals surface area contributed by atoms with E-state index in [-0.39, 0.29) is 18.3 Å². The SMILES string of the molecule is CC(O)(CNC(=O)CC1=CCCCC1)c1ccc(F)cc1. The van der Waals surface area contributed by atoms with Crippen molar-refractivity contribution in [3.8, 4) is 0 Å². The molecule has 0 spiro atoms. The summed E-state index contributed by atoms with van der Waals surface area (Å²) in [6, 6.07) is 5.67. The Bertz CT molecular complexity index is 520. The van der Waals surface area contributed by atoms with E-state index in [9.17, 15) is 14.3 Å². The Morgan fingerprint density at radius 2 is 2.05 bits per heavy atom. The van der Waals surface area contributed by atoms with Gasteiger partial charge in [-0.25, -0.2) is 4.39 Å². The summed E-state index contributed by atoms with van der Waals surface area (Å²) in [7, 11) is 0.